The normalized spacial score (nSPS) is 11.0. The number of nitrogens with zero attached hydrogens (tertiary/aromatic N) is 4. The maximum atomic E-state index is 9.79. The largest absolute Gasteiger partial charge is 1.00 e. The minimum absolute atomic E-state index is 0. The minimum atomic E-state index is 0. The second kappa shape index (κ2) is 11.7. The molecule has 0 saturated carbocycles. The second-order valence-corrected chi connectivity index (χ2v) is 6.00. The predicted molar refractivity (Wildman–Crippen MR) is 100 cm³/mol. The van der Waals surface area contributed by atoms with Crippen LogP contribution in [0.15, 0.2) is 98.1 Å². The topological polar surface area (TPSA) is 117 Å². The van der Waals surface area contributed by atoms with Crippen molar-refractivity contribution < 1.29 is 44.2 Å². The SMILES string of the molecule is Nc1ccc(N=Nc2ccc(N=Nc3ccc(SOO[O-])cc3)cc2)cc1.[Na+]. The van der Waals surface area contributed by atoms with E-state index in [4.69, 9.17) is 5.73 Å². The number of hydrogen-bond acceptors (Lipinski definition) is 9. The summed E-state index contributed by atoms with van der Waals surface area (Å²) in [5.41, 5.74) is 9.09. The van der Waals surface area contributed by atoms with Gasteiger partial charge in [0.1, 0.15) is 0 Å². The summed E-state index contributed by atoms with van der Waals surface area (Å²) in [6.07, 6.45) is 0. The summed E-state index contributed by atoms with van der Waals surface area (Å²) in [7, 11) is 0. The van der Waals surface area contributed by atoms with E-state index in [1.54, 1.807) is 72.8 Å². The Morgan fingerprint density at radius 3 is 1.39 bits per heavy atom. The first kappa shape index (κ1) is 22.2. The second-order valence-electron chi connectivity index (χ2n) is 5.22. The van der Waals surface area contributed by atoms with E-state index >= 15 is 0 Å². The molecule has 3 aromatic rings. The van der Waals surface area contributed by atoms with Crippen molar-refractivity contribution in [2.45, 2.75) is 4.90 Å². The molecule has 0 aliphatic heterocycles. The molecule has 3 aromatic carbocycles. The molecule has 0 aliphatic rings. The van der Waals surface area contributed by atoms with Crippen LogP contribution in [0.3, 0.4) is 0 Å². The standard InChI is InChI=1S/C18H15N5O3S.Na/c19-13-1-3-14(4-2-13)20-21-15-5-7-16(8-6-15)22-23-17-9-11-18(12-10-17)27-26-25-24;/h1-12,24H,19H2;/q;+1/p-1. The number of nitrogen functional groups attached to an aromatic ring is 1. The third-order valence-corrected chi connectivity index (χ3v) is 3.89. The molecular weight excluding hydrogens is 389 g/mol. The first-order valence-corrected chi connectivity index (χ1v) is 8.49. The third-order valence-electron chi connectivity index (χ3n) is 3.30. The van der Waals surface area contributed by atoms with Gasteiger partial charge in [0.25, 0.3) is 0 Å². The summed E-state index contributed by atoms with van der Waals surface area (Å²) in [5, 5.41) is 29.7. The molecule has 0 atom stereocenters. The number of hydrogen-bond donors (Lipinski definition) is 1. The van der Waals surface area contributed by atoms with Crippen LogP contribution in [0, 0.1) is 0 Å². The molecule has 3 rings (SSSR count). The summed E-state index contributed by atoms with van der Waals surface area (Å²) in [6, 6.07) is 21.3. The first-order chi connectivity index (χ1) is 13.2. The van der Waals surface area contributed by atoms with Crippen LogP contribution < -0.4 is 40.5 Å². The van der Waals surface area contributed by atoms with Gasteiger partial charge >= 0.3 is 29.6 Å². The zero-order valence-corrected chi connectivity index (χ0v) is 17.7. The zero-order valence-electron chi connectivity index (χ0n) is 14.9. The van der Waals surface area contributed by atoms with Gasteiger partial charge in [-0.2, -0.15) is 24.8 Å². The van der Waals surface area contributed by atoms with E-state index in [9.17, 15) is 5.26 Å². The van der Waals surface area contributed by atoms with Crippen molar-refractivity contribution in [3.05, 3.63) is 72.8 Å². The Kier molecular flexibility index (Phi) is 9.24. The van der Waals surface area contributed by atoms with Crippen molar-refractivity contribution in [1.29, 1.82) is 0 Å². The summed E-state index contributed by atoms with van der Waals surface area (Å²) in [6.45, 7) is 0. The smallest absolute Gasteiger partial charge is 0.691 e. The molecule has 0 amide bonds. The van der Waals surface area contributed by atoms with E-state index in [-0.39, 0.29) is 29.6 Å². The predicted octanol–water partition coefficient (Wildman–Crippen LogP) is 2.33. The molecule has 0 radical (unpaired) electrons. The molecule has 28 heavy (non-hydrogen) atoms. The summed E-state index contributed by atoms with van der Waals surface area (Å²) in [4.78, 5) is 0.709. The first-order valence-electron chi connectivity index (χ1n) is 7.75. The monoisotopic (exact) mass is 403 g/mol. The van der Waals surface area contributed by atoms with Crippen molar-refractivity contribution in [3.8, 4) is 0 Å². The van der Waals surface area contributed by atoms with Crippen LogP contribution in [0.5, 0.6) is 0 Å². The van der Waals surface area contributed by atoms with Crippen molar-refractivity contribution in [1.82, 2.24) is 0 Å². The minimum Gasteiger partial charge on any atom is -0.691 e. The summed E-state index contributed by atoms with van der Waals surface area (Å²) >= 11 is 0.816. The Labute approximate surface area is 187 Å². The Morgan fingerprint density at radius 1 is 0.643 bits per heavy atom. The molecule has 0 spiro atoms. The van der Waals surface area contributed by atoms with Crippen LogP contribution in [0.1, 0.15) is 0 Å². The molecule has 8 nitrogen and oxygen atoms in total. The fraction of sp³-hybridized carbons (Fsp3) is 0. The van der Waals surface area contributed by atoms with Crippen LogP contribution in [0.4, 0.5) is 28.4 Å². The van der Waals surface area contributed by atoms with Gasteiger partial charge in [0.2, 0.25) is 0 Å². The summed E-state index contributed by atoms with van der Waals surface area (Å²) < 4.78 is 4.24. The van der Waals surface area contributed by atoms with Gasteiger partial charge in [-0.25, -0.2) is 0 Å². The molecule has 136 valence electrons. The Morgan fingerprint density at radius 2 is 1.00 bits per heavy atom. The Balaban J connectivity index is 0.00000280. The van der Waals surface area contributed by atoms with Gasteiger partial charge in [-0.3, -0.25) is 5.04 Å². The molecule has 2 N–H and O–H groups in total. The zero-order chi connectivity index (χ0) is 18.9. The molecule has 0 bridgehead atoms. The molecule has 0 saturated heterocycles. The van der Waals surface area contributed by atoms with Crippen LogP contribution >= 0.6 is 12.0 Å². The Hall–Kier alpha value is -2.11. The van der Waals surface area contributed by atoms with Crippen molar-refractivity contribution in [2.24, 2.45) is 20.5 Å². The summed E-state index contributed by atoms with van der Waals surface area (Å²) in [5.74, 6) is 0. The van der Waals surface area contributed by atoms with Crippen LogP contribution in [-0.2, 0) is 9.37 Å². The van der Waals surface area contributed by atoms with Gasteiger partial charge < -0.3 is 11.0 Å². The Bertz CT molecular complexity index is 919. The van der Waals surface area contributed by atoms with Crippen molar-refractivity contribution in [3.63, 3.8) is 0 Å². The van der Waals surface area contributed by atoms with E-state index in [1.165, 1.54) is 0 Å². The average Bonchev–Trinajstić information content (AvgIpc) is 2.72. The van der Waals surface area contributed by atoms with Crippen molar-refractivity contribution >= 4 is 40.5 Å². The van der Waals surface area contributed by atoms with Gasteiger partial charge in [0.05, 0.1) is 34.8 Å². The van der Waals surface area contributed by atoms with E-state index in [0.29, 0.717) is 27.6 Å². The molecule has 0 unspecified atom stereocenters. The fourth-order valence-corrected chi connectivity index (χ4v) is 2.33. The number of azo groups is 2. The molecule has 10 heteroatoms. The van der Waals surface area contributed by atoms with Crippen LogP contribution in [-0.4, -0.2) is 0 Å². The average molecular weight is 403 g/mol. The maximum Gasteiger partial charge on any atom is 1.00 e. The van der Waals surface area contributed by atoms with Crippen LogP contribution in [0.25, 0.3) is 0 Å². The van der Waals surface area contributed by atoms with Crippen LogP contribution in [0.2, 0.25) is 0 Å². The van der Waals surface area contributed by atoms with E-state index in [0.717, 1.165) is 17.7 Å². The quantitative estimate of drug-likeness (QED) is 0.162. The number of anilines is 1. The molecular formula is C18H14N5NaO3S. The number of nitrogens with two attached hydrogens (primary N) is 1. The van der Waals surface area contributed by atoms with Gasteiger partial charge in [0.15, 0.2) is 0 Å². The molecule has 0 fully saturated rings. The third kappa shape index (κ3) is 7.13. The van der Waals surface area contributed by atoms with E-state index in [1.807, 2.05) is 0 Å². The van der Waals surface area contributed by atoms with Gasteiger partial charge in [-0.05, 0) is 72.8 Å². The molecule has 0 aliphatic carbocycles. The van der Waals surface area contributed by atoms with E-state index in [2.05, 4.69) is 29.8 Å². The maximum absolute atomic E-state index is 9.79. The molecule has 0 heterocycles. The van der Waals surface area contributed by atoms with Crippen molar-refractivity contribution in [2.75, 3.05) is 5.73 Å². The van der Waals surface area contributed by atoms with Gasteiger partial charge in [-0.1, -0.05) is 0 Å². The van der Waals surface area contributed by atoms with E-state index < -0.39 is 0 Å². The number of benzene rings is 3. The molecule has 0 aromatic heterocycles. The van der Waals surface area contributed by atoms with Gasteiger partial charge in [0, 0.05) is 10.6 Å². The van der Waals surface area contributed by atoms with Gasteiger partial charge in [-0.15, -0.1) is 0 Å². The number of rotatable bonds is 7. The fourth-order valence-electron chi connectivity index (χ4n) is 1.98.